The molecule has 0 unspecified atom stereocenters. The number of methoxy groups -OCH3 is 1. The van der Waals surface area contributed by atoms with Gasteiger partial charge in [0.2, 0.25) is 5.91 Å². The quantitative estimate of drug-likeness (QED) is 0.826. The van der Waals surface area contributed by atoms with Crippen molar-refractivity contribution in [3.63, 3.8) is 0 Å². The van der Waals surface area contributed by atoms with Crippen molar-refractivity contribution in [3.05, 3.63) is 29.8 Å². The van der Waals surface area contributed by atoms with Crippen molar-refractivity contribution in [1.82, 2.24) is 10.2 Å². The Labute approximate surface area is 125 Å². The second kappa shape index (κ2) is 8.00. The average molecular weight is 292 g/mol. The number of nitrogens with zero attached hydrogens (tertiary/aromatic N) is 1. The second-order valence-electron chi connectivity index (χ2n) is 5.30. The fourth-order valence-corrected chi connectivity index (χ4v) is 2.71. The van der Waals surface area contributed by atoms with Crippen LogP contribution in [0.5, 0.6) is 5.75 Å². The number of benzene rings is 1. The molecular weight excluding hydrogens is 268 g/mol. The molecule has 1 aliphatic rings. The largest absolute Gasteiger partial charge is 0.496 e. The van der Waals surface area contributed by atoms with E-state index in [0.717, 1.165) is 37.1 Å². The Balaban J connectivity index is 2.08. The Bertz CT molecular complexity index is 459. The van der Waals surface area contributed by atoms with Crippen molar-refractivity contribution >= 4 is 5.91 Å². The molecule has 0 bridgehead atoms. The van der Waals surface area contributed by atoms with E-state index in [1.54, 1.807) is 12.0 Å². The van der Waals surface area contributed by atoms with Crippen molar-refractivity contribution in [2.24, 2.45) is 0 Å². The highest BCUT2D eigenvalue weighted by Gasteiger charge is 2.25. The predicted molar refractivity (Wildman–Crippen MR) is 81.1 cm³/mol. The van der Waals surface area contributed by atoms with E-state index in [0.29, 0.717) is 13.1 Å². The van der Waals surface area contributed by atoms with Crippen LogP contribution in [0, 0.1) is 0 Å². The monoisotopic (exact) mass is 292 g/mol. The Morgan fingerprint density at radius 2 is 2.24 bits per heavy atom. The van der Waals surface area contributed by atoms with Crippen LogP contribution in [0.25, 0.3) is 0 Å². The van der Waals surface area contributed by atoms with Crippen LogP contribution in [0.4, 0.5) is 0 Å². The van der Waals surface area contributed by atoms with Gasteiger partial charge in [-0.2, -0.15) is 0 Å². The van der Waals surface area contributed by atoms with E-state index in [-0.39, 0.29) is 18.6 Å². The summed E-state index contributed by atoms with van der Waals surface area (Å²) in [5, 5.41) is 12.5. The molecule has 1 atom stereocenters. The lowest BCUT2D eigenvalue weighted by molar-refractivity contribution is -0.135. The highest BCUT2D eigenvalue weighted by atomic mass is 16.5. The zero-order valence-corrected chi connectivity index (χ0v) is 12.5. The van der Waals surface area contributed by atoms with Gasteiger partial charge < -0.3 is 20.1 Å². The lowest BCUT2D eigenvalue weighted by Gasteiger charge is -2.30. The zero-order valence-electron chi connectivity index (χ0n) is 12.5. The van der Waals surface area contributed by atoms with Gasteiger partial charge in [-0.1, -0.05) is 24.6 Å². The van der Waals surface area contributed by atoms with Gasteiger partial charge in [-0.3, -0.25) is 4.79 Å². The van der Waals surface area contributed by atoms with Crippen LogP contribution in [-0.4, -0.2) is 48.8 Å². The number of para-hydroxylation sites is 1. The molecule has 0 aromatic heterocycles. The Morgan fingerprint density at radius 1 is 1.43 bits per heavy atom. The summed E-state index contributed by atoms with van der Waals surface area (Å²) in [6.45, 7) is 1.66. The summed E-state index contributed by atoms with van der Waals surface area (Å²) in [5.74, 6) is 0.833. The molecule has 116 valence electrons. The normalized spacial score (nSPS) is 18.3. The van der Waals surface area contributed by atoms with Crippen LogP contribution in [0.15, 0.2) is 24.3 Å². The smallest absolute Gasteiger partial charge is 0.240 e. The van der Waals surface area contributed by atoms with Gasteiger partial charge in [-0.05, 0) is 25.5 Å². The fourth-order valence-electron chi connectivity index (χ4n) is 2.71. The van der Waals surface area contributed by atoms with Crippen LogP contribution < -0.4 is 10.1 Å². The van der Waals surface area contributed by atoms with Crippen LogP contribution in [0.1, 0.15) is 24.8 Å². The molecule has 1 amide bonds. The number of aliphatic hydroxyl groups excluding tert-OH is 1. The topological polar surface area (TPSA) is 61.8 Å². The fraction of sp³-hybridized carbons (Fsp3) is 0.562. The van der Waals surface area contributed by atoms with Crippen LogP contribution in [0.2, 0.25) is 0 Å². The molecular formula is C16H24N2O3. The van der Waals surface area contributed by atoms with Crippen LogP contribution >= 0.6 is 0 Å². The molecule has 5 nitrogen and oxygen atoms in total. The van der Waals surface area contributed by atoms with Crippen LogP contribution in [-0.2, 0) is 11.3 Å². The number of piperidine rings is 1. The van der Waals surface area contributed by atoms with E-state index in [1.807, 2.05) is 24.3 Å². The van der Waals surface area contributed by atoms with E-state index in [4.69, 9.17) is 4.74 Å². The summed E-state index contributed by atoms with van der Waals surface area (Å²) < 4.78 is 5.33. The number of nitrogens with one attached hydrogen (secondary N) is 1. The molecule has 5 heteroatoms. The lowest BCUT2D eigenvalue weighted by Crippen LogP contribution is -2.49. The van der Waals surface area contributed by atoms with Gasteiger partial charge in [-0.15, -0.1) is 0 Å². The highest BCUT2D eigenvalue weighted by molar-refractivity contribution is 5.82. The third-order valence-corrected chi connectivity index (χ3v) is 3.84. The molecule has 1 saturated heterocycles. The number of ether oxygens (including phenoxy) is 1. The first-order chi connectivity index (χ1) is 10.3. The Hall–Kier alpha value is -1.59. The Kier molecular flexibility index (Phi) is 6.02. The molecule has 21 heavy (non-hydrogen) atoms. The lowest BCUT2D eigenvalue weighted by atomic mass is 10.0. The highest BCUT2D eigenvalue weighted by Crippen LogP contribution is 2.20. The molecule has 0 saturated carbocycles. The van der Waals surface area contributed by atoms with Gasteiger partial charge in [0, 0.05) is 18.7 Å². The molecule has 1 heterocycles. The van der Waals surface area contributed by atoms with E-state index in [9.17, 15) is 9.90 Å². The van der Waals surface area contributed by atoms with Crippen molar-refractivity contribution in [2.45, 2.75) is 31.8 Å². The first-order valence-corrected chi connectivity index (χ1v) is 7.51. The minimum atomic E-state index is -0.125. The third-order valence-electron chi connectivity index (χ3n) is 3.84. The first-order valence-electron chi connectivity index (χ1n) is 7.51. The molecule has 1 aliphatic heterocycles. The van der Waals surface area contributed by atoms with E-state index >= 15 is 0 Å². The third kappa shape index (κ3) is 4.19. The van der Waals surface area contributed by atoms with E-state index < -0.39 is 0 Å². The maximum absolute atomic E-state index is 12.6. The number of rotatable bonds is 6. The SMILES string of the molecule is COc1ccccc1CN(CCO)C(=O)[C@H]1CCCCN1. The Morgan fingerprint density at radius 3 is 2.90 bits per heavy atom. The van der Waals surface area contributed by atoms with Gasteiger partial charge in [0.1, 0.15) is 5.75 Å². The summed E-state index contributed by atoms with van der Waals surface area (Å²) in [6.07, 6.45) is 3.06. The number of hydrogen-bond acceptors (Lipinski definition) is 4. The maximum atomic E-state index is 12.6. The first kappa shape index (κ1) is 15.8. The number of aliphatic hydroxyl groups is 1. The van der Waals surface area contributed by atoms with Gasteiger partial charge in [0.15, 0.2) is 0 Å². The predicted octanol–water partition coefficient (Wildman–Crippen LogP) is 1.16. The summed E-state index contributed by atoms with van der Waals surface area (Å²) in [4.78, 5) is 14.3. The molecule has 1 aromatic carbocycles. The zero-order chi connectivity index (χ0) is 15.1. The number of carbonyl (C=O) groups excluding carboxylic acids is 1. The molecule has 1 aromatic rings. The summed E-state index contributed by atoms with van der Waals surface area (Å²) >= 11 is 0. The molecule has 0 aliphatic carbocycles. The number of hydrogen-bond donors (Lipinski definition) is 2. The number of amides is 1. The van der Waals surface area contributed by atoms with Gasteiger partial charge >= 0.3 is 0 Å². The van der Waals surface area contributed by atoms with E-state index in [1.165, 1.54) is 0 Å². The molecule has 2 rings (SSSR count). The molecule has 0 spiro atoms. The van der Waals surface area contributed by atoms with Crippen molar-refractivity contribution in [3.8, 4) is 5.75 Å². The van der Waals surface area contributed by atoms with Gasteiger partial charge in [-0.25, -0.2) is 0 Å². The van der Waals surface area contributed by atoms with E-state index in [2.05, 4.69) is 5.32 Å². The maximum Gasteiger partial charge on any atom is 0.240 e. The van der Waals surface area contributed by atoms with Crippen molar-refractivity contribution < 1.29 is 14.6 Å². The molecule has 0 radical (unpaired) electrons. The minimum absolute atomic E-state index is 0.0341. The second-order valence-corrected chi connectivity index (χ2v) is 5.30. The molecule has 2 N–H and O–H groups in total. The molecule has 1 fully saturated rings. The van der Waals surface area contributed by atoms with Crippen LogP contribution in [0.3, 0.4) is 0 Å². The summed E-state index contributed by atoms with van der Waals surface area (Å²) in [7, 11) is 1.62. The average Bonchev–Trinajstić information content (AvgIpc) is 2.55. The van der Waals surface area contributed by atoms with Crippen molar-refractivity contribution in [1.29, 1.82) is 0 Å². The van der Waals surface area contributed by atoms with Gasteiger partial charge in [0.25, 0.3) is 0 Å². The van der Waals surface area contributed by atoms with Crippen molar-refractivity contribution in [2.75, 3.05) is 26.8 Å². The van der Waals surface area contributed by atoms with Gasteiger partial charge in [0.05, 0.1) is 19.8 Å². The summed E-state index contributed by atoms with van der Waals surface area (Å²) in [6, 6.07) is 7.54. The standard InChI is InChI=1S/C16H24N2O3/c1-21-15-8-3-2-6-13(15)12-18(10-11-19)16(20)14-7-4-5-9-17-14/h2-3,6,8,14,17,19H,4-5,7,9-12H2,1H3/t14-/m1/s1. The summed E-state index contributed by atoms with van der Waals surface area (Å²) in [5.41, 5.74) is 0.956. The number of carbonyl (C=O) groups is 1. The minimum Gasteiger partial charge on any atom is -0.496 e.